The summed E-state index contributed by atoms with van der Waals surface area (Å²) in [4.78, 5) is 22.9. The molecule has 0 radical (unpaired) electrons. The maximum Gasteiger partial charge on any atom is 0.204 e. The summed E-state index contributed by atoms with van der Waals surface area (Å²) < 4.78 is 10.6. The molecule has 6 nitrogen and oxygen atoms in total. The van der Waals surface area contributed by atoms with Gasteiger partial charge in [0.1, 0.15) is 34.7 Å². The Morgan fingerprint density at radius 2 is 2.14 bits per heavy atom. The van der Waals surface area contributed by atoms with E-state index < -0.39 is 12.6 Å². The predicted octanol–water partition coefficient (Wildman–Crippen LogP) is 1.09. The molecule has 3 rings (SSSR count). The van der Waals surface area contributed by atoms with Gasteiger partial charge < -0.3 is 24.2 Å². The fourth-order valence-corrected chi connectivity index (χ4v) is 2.32. The number of carbonyl (C=O) groups is 1. The van der Waals surface area contributed by atoms with Crippen LogP contribution in [0.1, 0.15) is 5.56 Å². The minimum atomic E-state index is -1.39. The van der Waals surface area contributed by atoms with Crippen LogP contribution in [0.4, 0.5) is 0 Å². The van der Waals surface area contributed by atoms with Crippen LogP contribution < -0.4 is 15.3 Å². The fourth-order valence-electron chi connectivity index (χ4n) is 2.32. The lowest BCUT2D eigenvalue weighted by Crippen LogP contribution is -2.28. The number of carboxylic acids is 1. The van der Waals surface area contributed by atoms with Gasteiger partial charge in [0.05, 0.1) is 11.4 Å². The number of carboxylic acid groups (broad SMARTS) is 1. The Balaban J connectivity index is 2.29. The molecular formula is C16H11O6-. The molecule has 0 aliphatic rings. The Kier molecular flexibility index (Phi) is 3.21. The number of ether oxygens (including phenoxy) is 1. The number of benzene rings is 2. The third kappa shape index (κ3) is 2.24. The van der Waals surface area contributed by atoms with Crippen molar-refractivity contribution in [2.75, 3.05) is 6.61 Å². The van der Waals surface area contributed by atoms with Gasteiger partial charge in [0.15, 0.2) is 0 Å². The van der Waals surface area contributed by atoms with Gasteiger partial charge in [-0.2, -0.15) is 0 Å². The van der Waals surface area contributed by atoms with E-state index in [9.17, 15) is 19.8 Å². The number of hydrogen-bond donors (Lipinski definition) is 1. The summed E-state index contributed by atoms with van der Waals surface area (Å²) in [5.41, 5.74) is 0.956. The Bertz CT molecular complexity index is 954. The summed E-state index contributed by atoms with van der Waals surface area (Å²) in [5, 5.41) is 20.8. The van der Waals surface area contributed by atoms with Crippen molar-refractivity contribution in [1.82, 2.24) is 0 Å². The quantitative estimate of drug-likeness (QED) is 0.727. The first kappa shape index (κ1) is 13.9. The number of phenolic OH excluding ortho intramolecular Hbond substituents is 1. The van der Waals surface area contributed by atoms with Gasteiger partial charge >= 0.3 is 0 Å². The number of fused-ring (bicyclic) bond motifs is 2. The zero-order valence-electron chi connectivity index (χ0n) is 11.6. The van der Waals surface area contributed by atoms with Gasteiger partial charge in [-0.05, 0) is 18.6 Å². The fraction of sp³-hybridized carbons (Fsp3) is 0.125. The lowest BCUT2D eigenvalue weighted by atomic mass is 10.1. The molecule has 0 atom stereocenters. The van der Waals surface area contributed by atoms with Crippen LogP contribution in [-0.4, -0.2) is 17.7 Å². The number of rotatable bonds is 3. The van der Waals surface area contributed by atoms with E-state index in [0.717, 1.165) is 5.56 Å². The molecule has 0 bridgehead atoms. The molecule has 112 valence electrons. The largest absolute Gasteiger partial charge is 0.546 e. The molecule has 0 amide bonds. The maximum absolute atomic E-state index is 12.5. The minimum absolute atomic E-state index is 0.0268. The third-order valence-corrected chi connectivity index (χ3v) is 3.31. The van der Waals surface area contributed by atoms with Gasteiger partial charge in [0.25, 0.3) is 0 Å². The Labute approximate surface area is 124 Å². The average molecular weight is 299 g/mol. The smallest absolute Gasteiger partial charge is 0.204 e. The number of aromatic hydroxyl groups is 1. The molecule has 22 heavy (non-hydrogen) atoms. The summed E-state index contributed by atoms with van der Waals surface area (Å²) in [6.07, 6.45) is 0. The van der Waals surface area contributed by atoms with Crippen molar-refractivity contribution in [3.63, 3.8) is 0 Å². The van der Waals surface area contributed by atoms with Crippen molar-refractivity contribution in [2.24, 2.45) is 0 Å². The van der Waals surface area contributed by atoms with Gasteiger partial charge in [-0.25, -0.2) is 0 Å². The second kappa shape index (κ2) is 5.07. The number of para-hydroxylation sites is 1. The van der Waals surface area contributed by atoms with Crippen molar-refractivity contribution in [2.45, 2.75) is 6.92 Å². The maximum atomic E-state index is 12.5. The lowest BCUT2D eigenvalue weighted by molar-refractivity contribution is -0.307. The summed E-state index contributed by atoms with van der Waals surface area (Å²) in [6.45, 7) is 1.13. The standard InChI is InChI=1S/C16H12O6/c1-8-3-2-4-10-15(20)14-11(17)5-9(21-7-13(18)19)6-12(14)22-16(8)10/h2-6,17H,7H2,1H3,(H,18,19)/p-1. The highest BCUT2D eigenvalue weighted by molar-refractivity contribution is 5.94. The van der Waals surface area contributed by atoms with Crippen LogP contribution in [0.15, 0.2) is 39.5 Å². The van der Waals surface area contributed by atoms with Crippen molar-refractivity contribution in [1.29, 1.82) is 0 Å². The van der Waals surface area contributed by atoms with Crippen LogP contribution in [0.25, 0.3) is 21.9 Å². The molecule has 0 aliphatic carbocycles. The molecular weight excluding hydrogens is 288 g/mol. The van der Waals surface area contributed by atoms with Crippen LogP contribution in [0.3, 0.4) is 0 Å². The monoisotopic (exact) mass is 299 g/mol. The predicted molar refractivity (Wildman–Crippen MR) is 76.9 cm³/mol. The van der Waals surface area contributed by atoms with Crippen LogP contribution >= 0.6 is 0 Å². The molecule has 0 unspecified atom stereocenters. The van der Waals surface area contributed by atoms with Crippen molar-refractivity contribution in [3.05, 3.63) is 46.1 Å². The van der Waals surface area contributed by atoms with Gasteiger partial charge in [-0.15, -0.1) is 0 Å². The molecule has 2 aromatic carbocycles. The Morgan fingerprint density at radius 1 is 1.36 bits per heavy atom. The summed E-state index contributed by atoms with van der Waals surface area (Å²) in [5.74, 6) is -1.65. The van der Waals surface area contributed by atoms with Crippen LogP contribution in [0, 0.1) is 6.92 Å². The zero-order valence-corrected chi connectivity index (χ0v) is 11.6. The summed E-state index contributed by atoms with van der Waals surface area (Å²) >= 11 is 0. The number of aliphatic carboxylic acids is 1. The van der Waals surface area contributed by atoms with Crippen LogP contribution in [0.2, 0.25) is 0 Å². The highest BCUT2D eigenvalue weighted by atomic mass is 16.5. The van der Waals surface area contributed by atoms with E-state index in [1.807, 2.05) is 0 Å². The molecule has 0 saturated carbocycles. The van der Waals surface area contributed by atoms with E-state index >= 15 is 0 Å². The van der Waals surface area contributed by atoms with Crippen molar-refractivity contribution >= 4 is 27.9 Å². The number of phenols is 1. The van der Waals surface area contributed by atoms with E-state index in [1.165, 1.54) is 12.1 Å². The van der Waals surface area contributed by atoms with E-state index in [1.54, 1.807) is 25.1 Å². The number of aryl methyl sites for hydroxylation is 1. The Morgan fingerprint density at radius 3 is 2.86 bits per heavy atom. The summed E-state index contributed by atoms with van der Waals surface area (Å²) in [6, 6.07) is 7.69. The molecule has 0 aliphatic heterocycles. The van der Waals surface area contributed by atoms with Gasteiger partial charge in [0, 0.05) is 12.1 Å². The van der Waals surface area contributed by atoms with Gasteiger partial charge in [-0.1, -0.05) is 12.1 Å². The normalized spacial score (nSPS) is 11.0. The first-order valence-electron chi connectivity index (χ1n) is 6.49. The SMILES string of the molecule is Cc1cccc2c(=O)c3c(O)cc(OCC(=O)[O-])cc3oc12. The topological polar surface area (TPSA) is 99.8 Å². The van der Waals surface area contributed by atoms with E-state index in [2.05, 4.69) is 0 Å². The number of hydrogen-bond acceptors (Lipinski definition) is 6. The molecule has 1 N–H and O–H groups in total. The molecule has 0 fully saturated rings. The minimum Gasteiger partial charge on any atom is -0.546 e. The van der Waals surface area contributed by atoms with Crippen molar-refractivity contribution in [3.8, 4) is 11.5 Å². The first-order valence-corrected chi connectivity index (χ1v) is 6.49. The second-order valence-corrected chi connectivity index (χ2v) is 4.86. The lowest BCUT2D eigenvalue weighted by Gasteiger charge is -2.09. The molecule has 6 heteroatoms. The summed E-state index contributed by atoms with van der Waals surface area (Å²) in [7, 11) is 0. The second-order valence-electron chi connectivity index (χ2n) is 4.86. The molecule has 3 aromatic rings. The molecule has 1 heterocycles. The van der Waals surface area contributed by atoms with E-state index in [4.69, 9.17) is 9.15 Å². The van der Waals surface area contributed by atoms with Gasteiger partial charge in [0.2, 0.25) is 5.43 Å². The number of carbonyl (C=O) groups excluding carboxylic acids is 1. The van der Waals surface area contributed by atoms with E-state index in [0.29, 0.717) is 11.0 Å². The van der Waals surface area contributed by atoms with E-state index in [-0.39, 0.29) is 27.9 Å². The zero-order chi connectivity index (χ0) is 15.9. The molecule has 0 saturated heterocycles. The highest BCUT2D eigenvalue weighted by Crippen LogP contribution is 2.31. The third-order valence-electron chi connectivity index (χ3n) is 3.31. The Hall–Kier alpha value is -3.02. The average Bonchev–Trinajstić information content (AvgIpc) is 2.46. The first-order chi connectivity index (χ1) is 10.5. The van der Waals surface area contributed by atoms with Crippen molar-refractivity contribution < 1.29 is 24.2 Å². The molecule has 0 spiro atoms. The highest BCUT2D eigenvalue weighted by Gasteiger charge is 2.14. The van der Waals surface area contributed by atoms with Crippen LogP contribution in [-0.2, 0) is 4.79 Å². The van der Waals surface area contributed by atoms with Crippen LogP contribution in [0.5, 0.6) is 11.5 Å². The van der Waals surface area contributed by atoms with Gasteiger partial charge in [-0.3, -0.25) is 4.79 Å². The molecule has 1 aromatic heterocycles.